The predicted molar refractivity (Wildman–Crippen MR) is 73.4 cm³/mol. The Labute approximate surface area is 110 Å². The third kappa shape index (κ3) is 7.33. The highest BCUT2D eigenvalue weighted by atomic mass is 16.6. The van der Waals surface area contributed by atoms with E-state index in [1.807, 2.05) is 13.8 Å². The highest BCUT2D eigenvalue weighted by Gasteiger charge is 2.25. The predicted octanol–water partition coefficient (Wildman–Crippen LogP) is 2.86. The average Bonchev–Trinajstić information content (AvgIpc) is 2.11. The van der Waals surface area contributed by atoms with E-state index >= 15 is 0 Å². The molecule has 106 valence electrons. The molecule has 0 radical (unpaired) electrons. The smallest absolute Gasteiger partial charge is 0.407 e. The Kier molecular flexibility index (Phi) is 6.39. The van der Waals surface area contributed by atoms with Gasteiger partial charge in [-0.05, 0) is 40.0 Å². The second kappa shape index (κ2) is 6.78. The largest absolute Gasteiger partial charge is 0.444 e. The van der Waals surface area contributed by atoms with Crippen LogP contribution in [0.5, 0.6) is 0 Å². The summed E-state index contributed by atoms with van der Waals surface area (Å²) < 4.78 is 5.19. The van der Waals surface area contributed by atoms with Crippen LogP contribution >= 0.6 is 0 Å². The summed E-state index contributed by atoms with van der Waals surface area (Å²) in [5.41, 5.74) is 0.0948. The zero-order valence-electron chi connectivity index (χ0n) is 12.4. The molecule has 18 heavy (non-hydrogen) atoms. The van der Waals surface area contributed by atoms with Crippen molar-refractivity contribution in [2.45, 2.75) is 65.7 Å². The van der Waals surface area contributed by atoms with E-state index in [4.69, 9.17) is 4.74 Å². The summed E-state index contributed by atoms with van der Waals surface area (Å²) in [6.07, 6.45) is -0.582. The minimum absolute atomic E-state index is 0.360. The van der Waals surface area contributed by atoms with Crippen molar-refractivity contribution < 1.29 is 14.6 Å². The Hall–Kier alpha value is -1.03. The second-order valence-electron chi connectivity index (χ2n) is 6.17. The molecule has 0 aromatic carbocycles. The van der Waals surface area contributed by atoms with Gasteiger partial charge in [0, 0.05) is 0 Å². The maximum Gasteiger partial charge on any atom is 0.407 e. The zero-order chi connectivity index (χ0) is 14.5. The van der Waals surface area contributed by atoms with Gasteiger partial charge in [-0.1, -0.05) is 26.0 Å². The molecule has 0 aromatic rings. The maximum atomic E-state index is 11.7. The normalized spacial score (nSPS) is 15.1. The third-order valence-corrected chi connectivity index (χ3v) is 2.31. The molecule has 4 nitrogen and oxygen atoms in total. The van der Waals surface area contributed by atoms with E-state index in [1.54, 1.807) is 27.7 Å². The molecule has 0 spiro atoms. The minimum Gasteiger partial charge on any atom is -0.444 e. The lowest BCUT2D eigenvalue weighted by atomic mass is 9.96. The van der Waals surface area contributed by atoms with Gasteiger partial charge in [0.1, 0.15) is 5.60 Å². The molecule has 0 rings (SSSR count). The van der Waals surface area contributed by atoms with Crippen molar-refractivity contribution in [2.24, 2.45) is 5.92 Å². The highest BCUT2D eigenvalue weighted by molar-refractivity contribution is 5.68. The first-order chi connectivity index (χ1) is 8.03. The Morgan fingerprint density at radius 2 is 1.89 bits per heavy atom. The SMILES string of the molecule is C=C(C)C(O)C(CC(C)C)NC(=O)OC(C)(C)C. The van der Waals surface area contributed by atoms with Crippen molar-refractivity contribution in [1.29, 1.82) is 0 Å². The molecular weight excluding hydrogens is 230 g/mol. The summed E-state index contributed by atoms with van der Waals surface area (Å²) in [5.74, 6) is 0.360. The lowest BCUT2D eigenvalue weighted by Crippen LogP contribution is -2.46. The molecule has 0 aliphatic heterocycles. The van der Waals surface area contributed by atoms with Gasteiger partial charge in [0.05, 0.1) is 12.1 Å². The van der Waals surface area contributed by atoms with Crippen LogP contribution in [0.25, 0.3) is 0 Å². The van der Waals surface area contributed by atoms with Crippen molar-refractivity contribution in [2.75, 3.05) is 0 Å². The van der Waals surface area contributed by atoms with Crippen LogP contribution in [-0.2, 0) is 4.74 Å². The number of carbonyl (C=O) groups is 1. The molecule has 2 N–H and O–H groups in total. The van der Waals surface area contributed by atoms with Gasteiger partial charge in [0.2, 0.25) is 0 Å². The number of nitrogens with one attached hydrogen (secondary N) is 1. The van der Waals surface area contributed by atoms with Gasteiger partial charge in [0.15, 0.2) is 0 Å². The molecule has 0 heterocycles. The van der Waals surface area contributed by atoms with Crippen molar-refractivity contribution in [3.63, 3.8) is 0 Å². The Balaban J connectivity index is 4.59. The summed E-state index contributed by atoms with van der Waals surface area (Å²) in [5, 5.41) is 12.7. The molecule has 0 bridgehead atoms. The number of aliphatic hydroxyl groups is 1. The van der Waals surface area contributed by atoms with Crippen LogP contribution in [0.15, 0.2) is 12.2 Å². The van der Waals surface area contributed by atoms with Gasteiger partial charge in [-0.3, -0.25) is 0 Å². The van der Waals surface area contributed by atoms with E-state index in [0.717, 1.165) is 0 Å². The fourth-order valence-corrected chi connectivity index (χ4v) is 1.58. The first-order valence-electron chi connectivity index (χ1n) is 6.36. The number of hydrogen-bond donors (Lipinski definition) is 2. The molecule has 0 aliphatic carbocycles. The topological polar surface area (TPSA) is 58.6 Å². The molecule has 0 aliphatic rings. The average molecular weight is 257 g/mol. The summed E-state index contributed by atoms with van der Waals surface area (Å²) in [4.78, 5) is 11.7. The standard InChI is InChI=1S/C14H27NO3/c1-9(2)8-11(12(16)10(3)4)15-13(17)18-14(5,6)7/h9,11-12,16H,3,8H2,1-2,4-7H3,(H,15,17). The Morgan fingerprint density at radius 3 is 2.22 bits per heavy atom. The Morgan fingerprint density at radius 1 is 1.39 bits per heavy atom. The van der Waals surface area contributed by atoms with Crippen LogP contribution in [0, 0.1) is 5.92 Å². The van der Waals surface area contributed by atoms with Crippen molar-refractivity contribution in [1.82, 2.24) is 5.32 Å². The van der Waals surface area contributed by atoms with Gasteiger partial charge in [0.25, 0.3) is 0 Å². The highest BCUT2D eigenvalue weighted by Crippen LogP contribution is 2.14. The first-order valence-corrected chi connectivity index (χ1v) is 6.36. The van der Waals surface area contributed by atoms with E-state index in [2.05, 4.69) is 11.9 Å². The summed E-state index contributed by atoms with van der Waals surface area (Å²) in [6.45, 7) is 15.0. The number of carbonyl (C=O) groups excluding carboxylic acids is 1. The zero-order valence-corrected chi connectivity index (χ0v) is 12.4. The number of hydrogen-bond acceptors (Lipinski definition) is 3. The van der Waals surface area contributed by atoms with Crippen LogP contribution < -0.4 is 5.32 Å². The summed E-state index contributed by atoms with van der Waals surface area (Å²) in [6, 6.07) is -0.364. The third-order valence-electron chi connectivity index (χ3n) is 2.31. The maximum absolute atomic E-state index is 11.7. The van der Waals surface area contributed by atoms with Gasteiger partial charge in [-0.15, -0.1) is 0 Å². The molecule has 0 saturated carbocycles. The Bertz CT molecular complexity index is 292. The van der Waals surface area contributed by atoms with E-state index in [1.165, 1.54) is 0 Å². The monoisotopic (exact) mass is 257 g/mol. The van der Waals surface area contributed by atoms with Gasteiger partial charge >= 0.3 is 6.09 Å². The van der Waals surface area contributed by atoms with Crippen LogP contribution in [0.4, 0.5) is 4.79 Å². The van der Waals surface area contributed by atoms with Crippen LogP contribution in [0.1, 0.15) is 48.0 Å². The minimum atomic E-state index is -0.750. The van der Waals surface area contributed by atoms with Gasteiger partial charge in [-0.2, -0.15) is 0 Å². The summed E-state index contributed by atoms with van der Waals surface area (Å²) >= 11 is 0. The van der Waals surface area contributed by atoms with E-state index < -0.39 is 17.8 Å². The molecule has 0 fully saturated rings. The molecule has 0 aromatic heterocycles. The fraction of sp³-hybridized carbons (Fsp3) is 0.786. The number of alkyl carbamates (subject to hydrolysis) is 1. The quantitative estimate of drug-likeness (QED) is 0.745. The lowest BCUT2D eigenvalue weighted by Gasteiger charge is -2.28. The van der Waals surface area contributed by atoms with Crippen molar-refractivity contribution in [3.05, 3.63) is 12.2 Å². The van der Waals surface area contributed by atoms with Crippen LogP contribution in [-0.4, -0.2) is 28.9 Å². The second-order valence-corrected chi connectivity index (χ2v) is 6.17. The molecule has 4 heteroatoms. The van der Waals surface area contributed by atoms with Crippen molar-refractivity contribution in [3.8, 4) is 0 Å². The van der Waals surface area contributed by atoms with Crippen molar-refractivity contribution >= 4 is 6.09 Å². The number of rotatable bonds is 5. The van der Waals surface area contributed by atoms with Gasteiger partial charge in [-0.25, -0.2) is 4.79 Å². The summed E-state index contributed by atoms with van der Waals surface area (Å²) in [7, 11) is 0. The fourth-order valence-electron chi connectivity index (χ4n) is 1.58. The first kappa shape index (κ1) is 17.0. The molecule has 2 unspecified atom stereocenters. The number of amides is 1. The molecular formula is C14H27NO3. The van der Waals surface area contributed by atoms with Crippen LogP contribution in [0.3, 0.4) is 0 Å². The number of aliphatic hydroxyl groups excluding tert-OH is 1. The lowest BCUT2D eigenvalue weighted by molar-refractivity contribution is 0.0435. The molecule has 2 atom stereocenters. The number of ether oxygens (including phenoxy) is 1. The van der Waals surface area contributed by atoms with E-state index in [0.29, 0.717) is 17.9 Å². The van der Waals surface area contributed by atoms with Crippen LogP contribution in [0.2, 0.25) is 0 Å². The molecule has 1 amide bonds. The molecule has 0 saturated heterocycles. The van der Waals surface area contributed by atoms with E-state index in [-0.39, 0.29) is 6.04 Å². The van der Waals surface area contributed by atoms with Gasteiger partial charge < -0.3 is 15.2 Å². The van der Waals surface area contributed by atoms with E-state index in [9.17, 15) is 9.90 Å².